The maximum atomic E-state index is 5.55. The minimum Gasteiger partial charge on any atom is -0.341 e. The third-order valence-corrected chi connectivity index (χ3v) is 4.74. The fourth-order valence-corrected chi connectivity index (χ4v) is 3.45. The molecule has 2 fully saturated rings. The molecule has 0 bridgehead atoms. The predicted molar refractivity (Wildman–Crippen MR) is 85.4 cm³/mol. The normalized spacial score (nSPS) is 21.1. The maximum Gasteiger partial charge on any atom is 0.225 e. The topological polar surface area (TPSA) is 58.3 Å². The average molecular weight is 289 g/mol. The van der Waals surface area contributed by atoms with E-state index in [0.717, 1.165) is 36.9 Å². The van der Waals surface area contributed by atoms with Crippen molar-refractivity contribution >= 4 is 5.95 Å². The van der Waals surface area contributed by atoms with Crippen molar-refractivity contribution in [3.8, 4) is 0 Å². The number of nitrogens with zero attached hydrogens (tertiary/aromatic N) is 4. The molecule has 0 aliphatic carbocycles. The molecule has 21 heavy (non-hydrogen) atoms. The molecule has 5 heteroatoms. The van der Waals surface area contributed by atoms with Gasteiger partial charge in [0.15, 0.2) is 0 Å². The highest BCUT2D eigenvalue weighted by molar-refractivity contribution is 5.30. The number of likely N-dealkylation sites (tertiary alicyclic amines) is 1. The van der Waals surface area contributed by atoms with Gasteiger partial charge in [-0.15, -0.1) is 0 Å². The SMILES string of the molecule is NCCc1cnc(N2CCC(CN3CCCC3)CC2)nc1. The highest BCUT2D eigenvalue weighted by Gasteiger charge is 2.23. The number of nitrogens with two attached hydrogens (primary N) is 1. The van der Waals surface area contributed by atoms with E-state index in [1.165, 1.54) is 45.3 Å². The maximum absolute atomic E-state index is 5.55. The molecule has 0 saturated carbocycles. The molecular formula is C16H27N5. The summed E-state index contributed by atoms with van der Waals surface area (Å²) in [5.41, 5.74) is 6.68. The monoisotopic (exact) mass is 289 g/mol. The van der Waals surface area contributed by atoms with Crippen molar-refractivity contribution in [3.63, 3.8) is 0 Å². The Morgan fingerprint density at radius 1 is 1.05 bits per heavy atom. The van der Waals surface area contributed by atoms with E-state index in [2.05, 4.69) is 19.8 Å². The van der Waals surface area contributed by atoms with Gasteiger partial charge in [-0.2, -0.15) is 0 Å². The molecule has 0 atom stereocenters. The minimum absolute atomic E-state index is 0.657. The second kappa shape index (κ2) is 7.18. The summed E-state index contributed by atoms with van der Waals surface area (Å²) in [6, 6.07) is 0. The number of hydrogen-bond acceptors (Lipinski definition) is 5. The molecule has 0 unspecified atom stereocenters. The van der Waals surface area contributed by atoms with Crippen molar-refractivity contribution < 1.29 is 0 Å². The Labute approximate surface area is 127 Å². The summed E-state index contributed by atoms with van der Waals surface area (Å²) >= 11 is 0. The zero-order valence-corrected chi connectivity index (χ0v) is 12.9. The van der Waals surface area contributed by atoms with Gasteiger partial charge in [0.1, 0.15) is 0 Å². The van der Waals surface area contributed by atoms with E-state index >= 15 is 0 Å². The van der Waals surface area contributed by atoms with Crippen LogP contribution >= 0.6 is 0 Å². The van der Waals surface area contributed by atoms with Crippen molar-refractivity contribution in [2.45, 2.75) is 32.1 Å². The standard InChI is InChI=1S/C16H27N5/c17-6-3-15-11-18-16(19-12-15)21-9-4-14(5-10-21)13-20-7-1-2-8-20/h11-12,14H,1-10,13,17H2. The molecule has 1 aromatic heterocycles. The number of aromatic nitrogens is 2. The molecule has 1 aromatic rings. The Hall–Kier alpha value is -1.20. The Bertz CT molecular complexity index is 419. The van der Waals surface area contributed by atoms with Gasteiger partial charge in [0.25, 0.3) is 0 Å². The molecule has 2 saturated heterocycles. The molecule has 3 heterocycles. The lowest BCUT2D eigenvalue weighted by Crippen LogP contribution is -2.38. The van der Waals surface area contributed by atoms with E-state index in [4.69, 9.17) is 5.73 Å². The van der Waals surface area contributed by atoms with Gasteiger partial charge in [0.2, 0.25) is 5.95 Å². The van der Waals surface area contributed by atoms with Crippen molar-refractivity contribution in [2.24, 2.45) is 11.7 Å². The predicted octanol–water partition coefficient (Wildman–Crippen LogP) is 1.29. The van der Waals surface area contributed by atoms with Gasteiger partial charge in [-0.1, -0.05) is 0 Å². The first-order chi connectivity index (χ1) is 10.3. The van der Waals surface area contributed by atoms with Crippen LogP contribution < -0.4 is 10.6 Å². The van der Waals surface area contributed by atoms with E-state index < -0.39 is 0 Å². The number of piperidine rings is 1. The van der Waals surface area contributed by atoms with Gasteiger partial charge in [0.05, 0.1) is 0 Å². The molecule has 0 amide bonds. The van der Waals surface area contributed by atoms with Gasteiger partial charge in [0, 0.05) is 32.0 Å². The Morgan fingerprint density at radius 3 is 2.33 bits per heavy atom. The highest BCUT2D eigenvalue weighted by Crippen LogP contribution is 2.22. The van der Waals surface area contributed by atoms with Crippen molar-refractivity contribution in [3.05, 3.63) is 18.0 Å². The summed E-state index contributed by atoms with van der Waals surface area (Å²) < 4.78 is 0. The number of rotatable bonds is 5. The van der Waals surface area contributed by atoms with Crippen LogP contribution in [-0.4, -0.2) is 54.1 Å². The van der Waals surface area contributed by atoms with E-state index in [0.29, 0.717) is 6.54 Å². The molecule has 2 aliphatic heterocycles. The zero-order chi connectivity index (χ0) is 14.5. The van der Waals surface area contributed by atoms with Crippen LogP contribution in [0.4, 0.5) is 5.95 Å². The zero-order valence-electron chi connectivity index (χ0n) is 12.9. The average Bonchev–Trinajstić information content (AvgIpc) is 3.02. The molecule has 0 aromatic carbocycles. The van der Waals surface area contributed by atoms with E-state index in [1.807, 2.05) is 12.4 Å². The first kappa shape index (κ1) is 14.7. The molecular weight excluding hydrogens is 262 g/mol. The van der Waals surface area contributed by atoms with E-state index in [9.17, 15) is 0 Å². The van der Waals surface area contributed by atoms with Crippen LogP contribution in [0, 0.1) is 5.92 Å². The summed E-state index contributed by atoms with van der Waals surface area (Å²) in [5, 5.41) is 0. The summed E-state index contributed by atoms with van der Waals surface area (Å²) in [6.07, 6.45) is 10.0. The lowest BCUT2D eigenvalue weighted by atomic mass is 9.96. The van der Waals surface area contributed by atoms with Gasteiger partial charge >= 0.3 is 0 Å². The van der Waals surface area contributed by atoms with Gasteiger partial charge < -0.3 is 15.5 Å². The van der Waals surface area contributed by atoms with E-state index in [1.54, 1.807) is 0 Å². The van der Waals surface area contributed by atoms with Crippen molar-refractivity contribution in [1.29, 1.82) is 0 Å². The van der Waals surface area contributed by atoms with Gasteiger partial charge in [-0.3, -0.25) is 0 Å². The van der Waals surface area contributed by atoms with E-state index in [-0.39, 0.29) is 0 Å². The lowest BCUT2D eigenvalue weighted by Gasteiger charge is -2.33. The Kier molecular flexibility index (Phi) is 5.04. The van der Waals surface area contributed by atoms with Crippen LogP contribution in [0.3, 0.4) is 0 Å². The number of hydrogen-bond donors (Lipinski definition) is 1. The van der Waals surface area contributed by atoms with Gasteiger partial charge in [-0.05, 0) is 63.2 Å². The molecule has 2 aliphatic rings. The highest BCUT2D eigenvalue weighted by atomic mass is 15.3. The lowest BCUT2D eigenvalue weighted by molar-refractivity contribution is 0.249. The van der Waals surface area contributed by atoms with Crippen LogP contribution in [-0.2, 0) is 6.42 Å². The second-order valence-corrected chi connectivity index (χ2v) is 6.37. The Morgan fingerprint density at radius 2 is 1.71 bits per heavy atom. The fraction of sp³-hybridized carbons (Fsp3) is 0.750. The first-order valence-corrected chi connectivity index (χ1v) is 8.33. The molecule has 5 nitrogen and oxygen atoms in total. The van der Waals surface area contributed by atoms with Crippen molar-refractivity contribution in [1.82, 2.24) is 14.9 Å². The molecule has 0 radical (unpaired) electrons. The van der Waals surface area contributed by atoms with Crippen molar-refractivity contribution in [2.75, 3.05) is 44.2 Å². The third-order valence-electron chi connectivity index (χ3n) is 4.74. The van der Waals surface area contributed by atoms with Crippen LogP contribution in [0.5, 0.6) is 0 Å². The molecule has 2 N–H and O–H groups in total. The molecule has 0 spiro atoms. The summed E-state index contributed by atoms with van der Waals surface area (Å²) in [5.74, 6) is 1.74. The largest absolute Gasteiger partial charge is 0.341 e. The summed E-state index contributed by atoms with van der Waals surface area (Å²) in [7, 11) is 0. The van der Waals surface area contributed by atoms with Crippen LogP contribution in [0.2, 0.25) is 0 Å². The van der Waals surface area contributed by atoms with Crippen LogP contribution in [0.15, 0.2) is 12.4 Å². The van der Waals surface area contributed by atoms with Crippen LogP contribution in [0.25, 0.3) is 0 Å². The molecule has 3 rings (SSSR count). The quantitative estimate of drug-likeness (QED) is 0.885. The van der Waals surface area contributed by atoms with Gasteiger partial charge in [-0.25, -0.2) is 9.97 Å². The molecule has 116 valence electrons. The summed E-state index contributed by atoms with van der Waals surface area (Å²) in [6.45, 7) is 6.76. The minimum atomic E-state index is 0.657. The Balaban J connectivity index is 1.48. The second-order valence-electron chi connectivity index (χ2n) is 6.37. The van der Waals surface area contributed by atoms with Crippen LogP contribution in [0.1, 0.15) is 31.2 Å². The smallest absolute Gasteiger partial charge is 0.225 e. The number of anilines is 1. The third kappa shape index (κ3) is 3.92. The first-order valence-electron chi connectivity index (χ1n) is 8.33. The fourth-order valence-electron chi connectivity index (χ4n) is 3.45. The summed E-state index contributed by atoms with van der Waals surface area (Å²) in [4.78, 5) is 14.0.